The molecule has 3 aromatic carbocycles. The van der Waals surface area contributed by atoms with E-state index < -0.39 is 10.0 Å². The number of sulfonamides is 1. The molecule has 0 unspecified atom stereocenters. The number of nitrogens with zero attached hydrogens (tertiary/aromatic N) is 1. The van der Waals surface area contributed by atoms with Crippen molar-refractivity contribution in [1.29, 1.82) is 0 Å². The molecule has 1 N–H and O–H groups in total. The zero-order valence-electron chi connectivity index (χ0n) is 20.2. The molecule has 0 radical (unpaired) electrons. The highest BCUT2D eigenvalue weighted by atomic mass is 35.5. The quantitative estimate of drug-likeness (QED) is 0.393. The van der Waals surface area contributed by atoms with Crippen LogP contribution in [0.2, 0.25) is 5.02 Å². The van der Waals surface area contributed by atoms with Crippen LogP contribution < -0.4 is 19.1 Å². The van der Waals surface area contributed by atoms with Crippen LogP contribution in [0.1, 0.15) is 27.0 Å². The van der Waals surface area contributed by atoms with Gasteiger partial charge in [-0.05, 0) is 61.4 Å². The summed E-state index contributed by atoms with van der Waals surface area (Å²) in [5, 5.41) is 3.22. The molecule has 0 saturated carbocycles. The molecule has 0 fully saturated rings. The van der Waals surface area contributed by atoms with Crippen molar-refractivity contribution in [1.82, 2.24) is 5.32 Å². The maximum Gasteiger partial charge on any atom is 0.251 e. The summed E-state index contributed by atoms with van der Waals surface area (Å²) in [5.41, 5.74) is 3.72. The number of hydrogen-bond acceptors (Lipinski definition) is 5. The summed E-state index contributed by atoms with van der Waals surface area (Å²) < 4.78 is 37.3. The van der Waals surface area contributed by atoms with E-state index in [1.54, 1.807) is 42.5 Å². The number of benzene rings is 3. The van der Waals surface area contributed by atoms with Crippen LogP contribution in [0.3, 0.4) is 0 Å². The van der Waals surface area contributed by atoms with Crippen LogP contribution in [-0.4, -0.2) is 40.8 Å². The molecule has 3 aromatic rings. The Labute approximate surface area is 211 Å². The lowest BCUT2D eigenvalue weighted by Crippen LogP contribution is -2.30. The second-order valence-corrected chi connectivity index (χ2v) is 10.5. The van der Waals surface area contributed by atoms with Gasteiger partial charge in [-0.25, -0.2) is 8.42 Å². The van der Waals surface area contributed by atoms with E-state index in [1.807, 2.05) is 32.0 Å². The Morgan fingerprint density at radius 1 is 1.00 bits per heavy atom. The van der Waals surface area contributed by atoms with E-state index in [2.05, 4.69) is 5.32 Å². The molecular weight excluding hydrogens is 488 g/mol. The molecule has 7 nitrogen and oxygen atoms in total. The van der Waals surface area contributed by atoms with Crippen molar-refractivity contribution in [2.75, 3.05) is 30.8 Å². The van der Waals surface area contributed by atoms with Gasteiger partial charge in [0.25, 0.3) is 5.91 Å². The van der Waals surface area contributed by atoms with Crippen LogP contribution in [0.5, 0.6) is 11.5 Å². The molecule has 0 heterocycles. The molecular formula is C26H29ClN2O5S. The Morgan fingerprint density at radius 2 is 1.69 bits per heavy atom. The first-order valence-electron chi connectivity index (χ1n) is 11.0. The van der Waals surface area contributed by atoms with E-state index in [9.17, 15) is 13.2 Å². The van der Waals surface area contributed by atoms with E-state index in [4.69, 9.17) is 21.1 Å². The molecule has 35 heavy (non-hydrogen) atoms. The lowest BCUT2D eigenvalue weighted by molar-refractivity contribution is 0.0947. The first-order valence-corrected chi connectivity index (χ1v) is 13.2. The summed E-state index contributed by atoms with van der Waals surface area (Å²) in [6.07, 6.45) is 1.12. The maximum absolute atomic E-state index is 12.5. The third kappa shape index (κ3) is 7.13. The monoisotopic (exact) mass is 516 g/mol. The number of nitrogens with one attached hydrogen (secondary N) is 1. The summed E-state index contributed by atoms with van der Waals surface area (Å²) >= 11 is 6.10. The predicted octanol–water partition coefficient (Wildman–Crippen LogP) is 4.74. The summed E-state index contributed by atoms with van der Waals surface area (Å²) in [6, 6.07) is 17.5. The number of carbonyl (C=O) groups excluding carboxylic acids is 1. The van der Waals surface area contributed by atoms with Gasteiger partial charge in [-0.15, -0.1) is 0 Å². The van der Waals surface area contributed by atoms with E-state index in [-0.39, 0.29) is 12.5 Å². The third-order valence-corrected chi connectivity index (χ3v) is 6.69. The first-order chi connectivity index (χ1) is 16.6. The van der Waals surface area contributed by atoms with Crippen molar-refractivity contribution in [3.05, 3.63) is 87.9 Å². The van der Waals surface area contributed by atoms with Gasteiger partial charge < -0.3 is 14.8 Å². The van der Waals surface area contributed by atoms with Gasteiger partial charge in [0.2, 0.25) is 10.0 Å². The summed E-state index contributed by atoms with van der Waals surface area (Å²) in [6.45, 7) is 4.76. The number of amides is 1. The number of aryl methyl sites for hydroxylation is 2. The smallest absolute Gasteiger partial charge is 0.251 e. The summed E-state index contributed by atoms with van der Waals surface area (Å²) in [5.74, 6) is 0.942. The highest BCUT2D eigenvalue weighted by Crippen LogP contribution is 2.33. The molecule has 3 rings (SSSR count). The largest absolute Gasteiger partial charge is 0.495 e. The minimum absolute atomic E-state index is 0.0567. The Bertz CT molecular complexity index is 1290. The number of methoxy groups -OCH3 is 1. The summed E-state index contributed by atoms with van der Waals surface area (Å²) in [4.78, 5) is 12.5. The zero-order chi connectivity index (χ0) is 25.6. The SMILES string of the molecule is COc1ccc(Cl)cc1N(Cc1ccc(C(=O)NCCOc2ccc(C)cc2C)cc1)S(C)(=O)=O. The van der Waals surface area contributed by atoms with Crippen molar-refractivity contribution in [3.63, 3.8) is 0 Å². The minimum Gasteiger partial charge on any atom is -0.495 e. The number of ether oxygens (including phenoxy) is 2. The third-order valence-electron chi connectivity index (χ3n) is 5.33. The van der Waals surface area contributed by atoms with E-state index in [0.717, 1.165) is 23.1 Å². The molecule has 0 aliphatic heterocycles. The topological polar surface area (TPSA) is 84.9 Å². The van der Waals surface area contributed by atoms with Crippen molar-refractivity contribution in [2.24, 2.45) is 0 Å². The highest BCUT2D eigenvalue weighted by molar-refractivity contribution is 7.92. The molecule has 0 aromatic heterocycles. The van der Waals surface area contributed by atoms with Crippen LogP contribution in [0, 0.1) is 13.8 Å². The lowest BCUT2D eigenvalue weighted by atomic mass is 10.1. The van der Waals surface area contributed by atoms with Crippen LogP contribution in [0.4, 0.5) is 5.69 Å². The van der Waals surface area contributed by atoms with Gasteiger partial charge in [0, 0.05) is 10.6 Å². The number of hydrogen-bond donors (Lipinski definition) is 1. The van der Waals surface area contributed by atoms with Crippen molar-refractivity contribution in [3.8, 4) is 11.5 Å². The molecule has 0 atom stereocenters. The molecule has 186 valence electrons. The molecule has 0 aliphatic rings. The van der Waals surface area contributed by atoms with E-state index >= 15 is 0 Å². The summed E-state index contributed by atoms with van der Waals surface area (Å²) in [7, 11) is -2.17. The molecule has 1 amide bonds. The van der Waals surface area contributed by atoms with Gasteiger partial charge in [0.05, 0.1) is 32.1 Å². The first kappa shape index (κ1) is 26.4. The van der Waals surface area contributed by atoms with Gasteiger partial charge >= 0.3 is 0 Å². The van der Waals surface area contributed by atoms with E-state index in [0.29, 0.717) is 40.7 Å². The minimum atomic E-state index is -3.63. The van der Waals surface area contributed by atoms with Crippen LogP contribution >= 0.6 is 11.6 Å². The van der Waals surface area contributed by atoms with Crippen molar-refractivity contribution in [2.45, 2.75) is 20.4 Å². The van der Waals surface area contributed by atoms with Crippen molar-refractivity contribution < 1.29 is 22.7 Å². The van der Waals surface area contributed by atoms with Gasteiger partial charge in [-0.3, -0.25) is 9.10 Å². The average Bonchev–Trinajstić information content (AvgIpc) is 2.81. The molecule has 0 saturated heterocycles. The predicted molar refractivity (Wildman–Crippen MR) is 139 cm³/mol. The fraction of sp³-hybridized carbons (Fsp3) is 0.269. The van der Waals surface area contributed by atoms with E-state index in [1.165, 1.54) is 11.4 Å². The van der Waals surface area contributed by atoms with Crippen LogP contribution in [0.15, 0.2) is 60.7 Å². The Hall–Kier alpha value is -3.23. The lowest BCUT2D eigenvalue weighted by Gasteiger charge is -2.24. The van der Waals surface area contributed by atoms with Gasteiger partial charge in [0.1, 0.15) is 18.1 Å². The zero-order valence-corrected chi connectivity index (χ0v) is 21.7. The maximum atomic E-state index is 12.5. The molecule has 0 bridgehead atoms. The fourth-order valence-electron chi connectivity index (χ4n) is 3.56. The van der Waals surface area contributed by atoms with Crippen LogP contribution in [0.25, 0.3) is 0 Å². The average molecular weight is 517 g/mol. The number of rotatable bonds is 10. The Kier molecular flexibility index (Phi) is 8.64. The molecule has 9 heteroatoms. The second kappa shape index (κ2) is 11.5. The number of anilines is 1. The molecule has 0 spiro atoms. The highest BCUT2D eigenvalue weighted by Gasteiger charge is 2.22. The fourth-order valence-corrected chi connectivity index (χ4v) is 4.61. The number of carbonyl (C=O) groups is 1. The Balaban J connectivity index is 1.63. The van der Waals surface area contributed by atoms with Crippen LogP contribution in [-0.2, 0) is 16.6 Å². The standard InChI is InChI=1S/C26H29ClN2O5S/c1-18-5-11-24(19(2)15-18)34-14-13-28-26(30)21-8-6-20(7-9-21)17-29(35(4,31)32)23-16-22(27)10-12-25(23)33-3/h5-12,15-16H,13-14,17H2,1-4H3,(H,28,30). The number of halogens is 1. The van der Waals surface area contributed by atoms with Gasteiger partial charge in [0.15, 0.2) is 0 Å². The Morgan fingerprint density at radius 3 is 2.31 bits per heavy atom. The second-order valence-electron chi connectivity index (χ2n) is 8.16. The van der Waals surface area contributed by atoms with Gasteiger partial charge in [-0.2, -0.15) is 0 Å². The van der Waals surface area contributed by atoms with Crippen molar-refractivity contribution >= 4 is 33.2 Å². The van der Waals surface area contributed by atoms with Gasteiger partial charge in [-0.1, -0.05) is 41.4 Å². The molecule has 0 aliphatic carbocycles. The normalized spacial score (nSPS) is 11.1.